The minimum atomic E-state index is -3.53. The fourth-order valence-corrected chi connectivity index (χ4v) is 3.72. The first-order valence-electron chi connectivity index (χ1n) is 6.46. The number of hydrogen-bond donors (Lipinski definition) is 1. The molecule has 1 aliphatic rings. The van der Waals surface area contributed by atoms with Crippen LogP contribution < -0.4 is 15.2 Å². The summed E-state index contributed by atoms with van der Waals surface area (Å²) in [4.78, 5) is 0.184. The van der Waals surface area contributed by atoms with E-state index in [1.807, 2.05) is 0 Å². The van der Waals surface area contributed by atoms with Crippen LogP contribution in [0.2, 0.25) is 0 Å². The first kappa shape index (κ1) is 18.0. The van der Waals surface area contributed by atoms with Crippen molar-refractivity contribution in [3.63, 3.8) is 0 Å². The molecule has 1 saturated heterocycles. The molecule has 120 valence electrons. The molecule has 0 saturated carbocycles. The molecule has 2 rings (SSSR count). The molecule has 1 heterocycles. The molecule has 0 spiro atoms. The van der Waals surface area contributed by atoms with Crippen LogP contribution in [0.1, 0.15) is 12.8 Å². The number of halogens is 1. The summed E-state index contributed by atoms with van der Waals surface area (Å²) in [6.07, 6.45) is 1.36. The molecule has 0 aromatic heterocycles. The molecule has 2 N–H and O–H groups in total. The largest absolute Gasteiger partial charge is 0.497 e. The molecule has 21 heavy (non-hydrogen) atoms. The number of rotatable bonds is 4. The Morgan fingerprint density at radius 1 is 1.10 bits per heavy atom. The number of methoxy groups -OCH3 is 2. The Bertz CT molecular complexity index is 549. The van der Waals surface area contributed by atoms with Gasteiger partial charge in [0.05, 0.1) is 19.1 Å². The molecule has 0 aliphatic carbocycles. The lowest BCUT2D eigenvalue weighted by Crippen LogP contribution is -2.42. The maximum atomic E-state index is 12.6. The Morgan fingerprint density at radius 3 is 2.00 bits per heavy atom. The highest BCUT2D eigenvalue weighted by Crippen LogP contribution is 2.28. The third-order valence-corrected chi connectivity index (χ3v) is 5.34. The molecule has 1 aliphatic heterocycles. The van der Waals surface area contributed by atoms with Crippen LogP contribution in [0.3, 0.4) is 0 Å². The standard InChI is InChI=1S/C13H20N2O4S.ClH/c1-18-11-7-12(19-2)9-13(8-11)20(16,17)15-5-3-10(14)4-6-15;/h7-10H,3-6,14H2,1-2H3;1H. The lowest BCUT2D eigenvalue weighted by atomic mass is 10.1. The van der Waals surface area contributed by atoms with E-state index in [1.54, 1.807) is 6.07 Å². The molecule has 8 heteroatoms. The molecule has 0 unspecified atom stereocenters. The molecule has 1 fully saturated rings. The van der Waals surface area contributed by atoms with E-state index >= 15 is 0 Å². The summed E-state index contributed by atoms with van der Waals surface area (Å²) >= 11 is 0. The van der Waals surface area contributed by atoms with Crippen LogP contribution in [-0.4, -0.2) is 46.1 Å². The van der Waals surface area contributed by atoms with Crippen LogP contribution in [0.4, 0.5) is 0 Å². The quantitative estimate of drug-likeness (QED) is 0.894. The van der Waals surface area contributed by atoms with Crippen LogP contribution in [0.15, 0.2) is 23.1 Å². The van der Waals surface area contributed by atoms with Crippen molar-refractivity contribution in [3.8, 4) is 11.5 Å². The van der Waals surface area contributed by atoms with E-state index in [0.29, 0.717) is 37.4 Å². The third-order valence-electron chi connectivity index (χ3n) is 3.46. The van der Waals surface area contributed by atoms with Gasteiger partial charge in [-0.05, 0) is 12.8 Å². The fraction of sp³-hybridized carbons (Fsp3) is 0.538. The van der Waals surface area contributed by atoms with Gasteiger partial charge in [0.1, 0.15) is 11.5 Å². The topological polar surface area (TPSA) is 81.9 Å². The number of sulfonamides is 1. The molecule has 1 aromatic rings. The lowest BCUT2D eigenvalue weighted by molar-refractivity contribution is 0.319. The number of ether oxygens (including phenoxy) is 2. The predicted octanol–water partition coefficient (Wildman–Crippen LogP) is 1.24. The van der Waals surface area contributed by atoms with Crippen molar-refractivity contribution in [2.75, 3.05) is 27.3 Å². The Kier molecular flexibility index (Phi) is 6.27. The van der Waals surface area contributed by atoms with Crippen LogP contribution in [0.25, 0.3) is 0 Å². The normalized spacial score (nSPS) is 17.1. The van der Waals surface area contributed by atoms with Gasteiger partial charge >= 0.3 is 0 Å². The van der Waals surface area contributed by atoms with Crippen molar-refractivity contribution in [2.45, 2.75) is 23.8 Å². The smallest absolute Gasteiger partial charge is 0.243 e. The minimum Gasteiger partial charge on any atom is -0.497 e. The summed E-state index contributed by atoms with van der Waals surface area (Å²) < 4.78 is 36.9. The maximum Gasteiger partial charge on any atom is 0.243 e. The average Bonchev–Trinajstić information content (AvgIpc) is 2.47. The molecular weight excluding hydrogens is 316 g/mol. The van der Waals surface area contributed by atoms with Gasteiger partial charge in [-0.15, -0.1) is 12.4 Å². The summed E-state index contributed by atoms with van der Waals surface area (Å²) in [5, 5.41) is 0. The number of hydrogen-bond acceptors (Lipinski definition) is 5. The van der Waals surface area contributed by atoms with Gasteiger partial charge in [0, 0.05) is 37.3 Å². The summed E-state index contributed by atoms with van der Waals surface area (Å²) in [5.74, 6) is 0.910. The second-order valence-corrected chi connectivity index (χ2v) is 6.73. The average molecular weight is 337 g/mol. The van der Waals surface area contributed by atoms with Gasteiger partial charge in [0.2, 0.25) is 10.0 Å². The van der Waals surface area contributed by atoms with Crippen molar-refractivity contribution in [1.82, 2.24) is 4.31 Å². The van der Waals surface area contributed by atoms with Crippen LogP contribution in [0.5, 0.6) is 11.5 Å². The van der Waals surface area contributed by atoms with Crippen LogP contribution >= 0.6 is 12.4 Å². The van der Waals surface area contributed by atoms with Crippen molar-refractivity contribution >= 4 is 22.4 Å². The number of nitrogens with two attached hydrogens (primary N) is 1. The zero-order valence-electron chi connectivity index (χ0n) is 12.1. The SMILES string of the molecule is COc1cc(OC)cc(S(=O)(=O)N2CCC(N)CC2)c1.Cl. The maximum absolute atomic E-state index is 12.6. The first-order chi connectivity index (χ1) is 9.47. The summed E-state index contributed by atoms with van der Waals surface area (Å²) in [6.45, 7) is 0.895. The van der Waals surface area contributed by atoms with Gasteiger partial charge in [0.15, 0.2) is 0 Å². The fourth-order valence-electron chi connectivity index (χ4n) is 2.20. The monoisotopic (exact) mass is 336 g/mol. The summed E-state index contributed by atoms with van der Waals surface area (Å²) in [6, 6.07) is 4.74. The molecular formula is C13H21ClN2O4S. The van der Waals surface area contributed by atoms with Crippen molar-refractivity contribution < 1.29 is 17.9 Å². The van der Waals surface area contributed by atoms with E-state index in [2.05, 4.69) is 0 Å². The molecule has 1 aromatic carbocycles. The molecule has 6 nitrogen and oxygen atoms in total. The van der Waals surface area contributed by atoms with E-state index in [0.717, 1.165) is 0 Å². The summed E-state index contributed by atoms with van der Waals surface area (Å²) in [5.41, 5.74) is 5.81. The highest BCUT2D eigenvalue weighted by atomic mass is 35.5. The first-order valence-corrected chi connectivity index (χ1v) is 7.90. The molecule has 0 radical (unpaired) electrons. The number of nitrogens with zero attached hydrogens (tertiary/aromatic N) is 1. The Hall–Kier alpha value is -1.02. The highest BCUT2D eigenvalue weighted by molar-refractivity contribution is 7.89. The van der Waals surface area contributed by atoms with Gasteiger partial charge in [-0.2, -0.15) is 4.31 Å². The second kappa shape index (κ2) is 7.31. The second-order valence-electron chi connectivity index (χ2n) is 4.79. The van der Waals surface area contributed by atoms with Crippen molar-refractivity contribution in [1.29, 1.82) is 0 Å². The predicted molar refractivity (Wildman–Crippen MR) is 82.8 cm³/mol. The number of benzene rings is 1. The minimum absolute atomic E-state index is 0. The zero-order chi connectivity index (χ0) is 14.8. The lowest BCUT2D eigenvalue weighted by Gasteiger charge is -2.29. The molecule has 0 amide bonds. The van der Waals surface area contributed by atoms with Gasteiger partial charge in [0.25, 0.3) is 0 Å². The Balaban J connectivity index is 0.00000220. The van der Waals surface area contributed by atoms with Crippen molar-refractivity contribution in [3.05, 3.63) is 18.2 Å². The van der Waals surface area contributed by atoms with E-state index in [-0.39, 0.29) is 23.3 Å². The third kappa shape index (κ3) is 4.00. The summed E-state index contributed by atoms with van der Waals surface area (Å²) in [7, 11) is -0.551. The van der Waals surface area contributed by atoms with Crippen molar-refractivity contribution in [2.24, 2.45) is 5.73 Å². The van der Waals surface area contributed by atoms with Gasteiger partial charge < -0.3 is 15.2 Å². The Morgan fingerprint density at radius 2 is 1.57 bits per heavy atom. The molecule has 0 atom stereocenters. The Labute approximate surface area is 131 Å². The van der Waals surface area contributed by atoms with Crippen LogP contribution in [0, 0.1) is 0 Å². The van der Waals surface area contributed by atoms with Gasteiger partial charge in [-0.1, -0.05) is 0 Å². The zero-order valence-corrected chi connectivity index (χ0v) is 13.7. The van der Waals surface area contributed by atoms with E-state index in [1.165, 1.54) is 30.7 Å². The number of piperidine rings is 1. The van der Waals surface area contributed by atoms with E-state index < -0.39 is 10.0 Å². The van der Waals surface area contributed by atoms with Gasteiger partial charge in [-0.3, -0.25) is 0 Å². The van der Waals surface area contributed by atoms with Gasteiger partial charge in [-0.25, -0.2) is 8.42 Å². The van der Waals surface area contributed by atoms with E-state index in [9.17, 15) is 8.42 Å². The highest BCUT2D eigenvalue weighted by Gasteiger charge is 2.29. The van der Waals surface area contributed by atoms with E-state index in [4.69, 9.17) is 15.2 Å². The molecule has 0 bridgehead atoms. The van der Waals surface area contributed by atoms with Crippen LogP contribution in [-0.2, 0) is 10.0 Å².